The Morgan fingerprint density at radius 1 is 1.14 bits per heavy atom. The number of rotatable bonds is 6. The highest BCUT2D eigenvalue weighted by atomic mass is 16.5. The molecule has 6 nitrogen and oxygen atoms in total. The van der Waals surface area contributed by atoms with E-state index in [1.54, 1.807) is 43.4 Å². The minimum absolute atomic E-state index is 0.180. The van der Waals surface area contributed by atoms with Gasteiger partial charge in [0.05, 0.1) is 13.2 Å². The maximum atomic E-state index is 13.3. The van der Waals surface area contributed by atoms with E-state index in [1.807, 2.05) is 32.0 Å². The standard InChI is InChI=1S/C22H28N2O4/c1-8-24(21(26)17-12-10-9-11-13(17)2)16(5)20(25)18-14(3)19(22(27)28-7)23(6)15(18)4/h9-12,16H,8H2,1-7H3/t16-/m1/s1. The summed E-state index contributed by atoms with van der Waals surface area (Å²) < 4.78 is 6.52. The number of esters is 1. The predicted molar refractivity (Wildman–Crippen MR) is 108 cm³/mol. The fourth-order valence-corrected chi connectivity index (χ4v) is 3.64. The first-order valence-electron chi connectivity index (χ1n) is 9.32. The Hall–Kier alpha value is -2.89. The first-order valence-corrected chi connectivity index (χ1v) is 9.32. The number of likely N-dealkylation sites (N-methyl/N-ethyl adjacent to an activating group) is 1. The molecule has 2 rings (SSSR count). The minimum atomic E-state index is -0.664. The first kappa shape index (κ1) is 21.4. The van der Waals surface area contributed by atoms with Crippen LogP contribution in [0.1, 0.15) is 61.9 Å². The van der Waals surface area contributed by atoms with Crippen LogP contribution >= 0.6 is 0 Å². The number of methoxy groups -OCH3 is 1. The lowest BCUT2D eigenvalue weighted by Crippen LogP contribution is -2.43. The highest BCUT2D eigenvalue weighted by molar-refractivity contribution is 6.07. The van der Waals surface area contributed by atoms with Crippen molar-refractivity contribution in [3.05, 3.63) is 57.9 Å². The van der Waals surface area contributed by atoms with Gasteiger partial charge in [0.15, 0.2) is 5.78 Å². The van der Waals surface area contributed by atoms with Gasteiger partial charge >= 0.3 is 5.97 Å². The number of benzene rings is 1. The molecule has 2 aromatic rings. The lowest BCUT2D eigenvalue weighted by molar-refractivity contribution is 0.0588. The van der Waals surface area contributed by atoms with Crippen molar-refractivity contribution in [1.82, 2.24) is 9.47 Å². The molecule has 1 aromatic heterocycles. The average molecular weight is 384 g/mol. The second-order valence-corrected chi connectivity index (χ2v) is 6.93. The molecule has 0 aliphatic heterocycles. The van der Waals surface area contributed by atoms with Gasteiger partial charge in [-0.3, -0.25) is 9.59 Å². The fraction of sp³-hybridized carbons (Fsp3) is 0.409. The third-order valence-corrected chi connectivity index (χ3v) is 5.38. The molecule has 0 spiro atoms. The van der Waals surface area contributed by atoms with Gasteiger partial charge in [0.1, 0.15) is 5.69 Å². The van der Waals surface area contributed by atoms with E-state index in [-0.39, 0.29) is 11.7 Å². The second kappa shape index (κ2) is 8.42. The second-order valence-electron chi connectivity index (χ2n) is 6.93. The smallest absolute Gasteiger partial charge is 0.354 e. The van der Waals surface area contributed by atoms with Crippen LogP contribution in [0.4, 0.5) is 0 Å². The van der Waals surface area contributed by atoms with Gasteiger partial charge in [-0.15, -0.1) is 0 Å². The number of hydrogen-bond acceptors (Lipinski definition) is 4. The molecule has 6 heteroatoms. The SMILES string of the molecule is CCN(C(=O)c1ccccc1C)[C@H](C)C(=O)c1c(C)c(C(=O)OC)n(C)c1C. The number of carbonyl (C=O) groups is 3. The lowest BCUT2D eigenvalue weighted by atomic mass is 9.98. The van der Waals surface area contributed by atoms with Crippen LogP contribution in [0.3, 0.4) is 0 Å². The van der Waals surface area contributed by atoms with Gasteiger partial charge in [0.25, 0.3) is 5.91 Å². The molecule has 1 aromatic carbocycles. The van der Waals surface area contributed by atoms with Crippen LogP contribution in [0.5, 0.6) is 0 Å². The van der Waals surface area contributed by atoms with Crippen molar-refractivity contribution in [1.29, 1.82) is 0 Å². The maximum absolute atomic E-state index is 13.3. The van der Waals surface area contributed by atoms with Crippen LogP contribution in [-0.2, 0) is 11.8 Å². The number of Topliss-reactive ketones (excluding diaryl/α,β-unsaturated/α-hetero) is 1. The number of ether oxygens (including phenoxy) is 1. The van der Waals surface area contributed by atoms with Crippen LogP contribution in [0.2, 0.25) is 0 Å². The van der Waals surface area contributed by atoms with Gasteiger partial charge in [-0.05, 0) is 51.8 Å². The van der Waals surface area contributed by atoms with Crippen molar-refractivity contribution in [2.45, 2.75) is 40.7 Å². The lowest BCUT2D eigenvalue weighted by Gasteiger charge is -2.28. The normalized spacial score (nSPS) is 11.8. The molecule has 0 N–H and O–H groups in total. The Balaban J connectivity index is 2.44. The van der Waals surface area contributed by atoms with Crippen molar-refractivity contribution < 1.29 is 19.1 Å². The van der Waals surface area contributed by atoms with Crippen LogP contribution in [0, 0.1) is 20.8 Å². The molecular formula is C22H28N2O4. The molecule has 0 saturated carbocycles. The topological polar surface area (TPSA) is 68.6 Å². The first-order chi connectivity index (χ1) is 13.2. The van der Waals surface area contributed by atoms with E-state index >= 15 is 0 Å². The molecule has 0 aliphatic rings. The molecule has 0 fully saturated rings. The highest BCUT2D eigenvalue weighted by Gasteiger charge is 2.32. The minimum Gasteiger partial charge on any atom is -0.464 e. The van der Waals surface area contributed by atoms with E-state index in [2.05, 4.69) is 0 Å². The Bertz CT molecular complexity index is 927. The summed E-state index contributed by atoms with van der Waals surface area (Å²) >= 11 is 0. The van der Waals surface area contributed by atoms with Crippen molar-refractivity contribution in [2.24, 2.45) is 7.05 Å². The summed E-state index contributed by atoms with van der Waals surface area (Å²) in [6.07, 6.45) is 0. The Labute approximate surface area is 166 Å². The van der Waals surface area contributed by atoms with Gasteiger partial charge in [-0.1, -0.05) is 18.2 Å². The summed E-state index contributed by atoms with van der Waals surface area (Å²) in [7, 11) is 3.04. The molecule has 0 aliphatic carbocycles. The highest BCUT2D eigenvalue weighted by Crippen LogP contribution is 2.25. The molecule has 0 radical (unpaired) electrons. The van der Waals surface area contributed by atoms with Crippen molar-refractivity contribution in [3.8, 4) is 0 Å². The molecular weight excluding hydrogens is 356 g/mol. The summed E-state index contributed by atoms with van der Waals surface area (Å²) in [4.78, 5) is 40.1. The van der Waals surface area contributed by atoms with Crippen molar-refractivity contribution in [2.75, 3.05) is 13.7 Å². The third kappa shape index (κ3) is 3.59. The quantitative estimate of drug-likeness (QED) is 0.565. The summed E-state index contributed by atoms with van der Waals surface area (Å²) in [5, 5.41) is 0. The van der Waals surface area contributed by atoms with E-state index < -0.39 is 12.0 Å². The zero-order chi connectivity index (χ0) is 21.2. The molecule has 1 amide bonds. The van der Waals surface area contributed by atoms with Crippen LogP contribution in [0.15, 0.2) is 24.3 Å². The fourth-order valence-electron chi connectivity index (χ4n) is 3.64. The summed E-state index contributed by atoms with van der Waals surface area (Å²) in [5.41, 5.74) is 3.51. The van der Waals surface area contributed by atoms with Crippen LogP contribution in [-0.4, -0.2) is 46.8 Å². The van der Waals surface area contributed by atoms with E-state index in [1.165, 1.54) is 7.11 Å². The summed E-state index contributed by atoms with van der Waals surface area (Å²) in [5.74, 6) is -0.858. The van der Waals surface area contributed by atoms with Crippen molar-refractivity contribution in [3.63, 3.8) is 0 Å². The summed E-state index contributed by atoms with van der Waals surface area (Å²) in [6, 6.07) is 6.67. The van der Waals surface area contributed by atoms with Gasteiger partial charge in [0.2, 0.25) is 0 Å². The van der Waals surface area contributed by atoms with Gasteiger partial charge < -0.3 is 14.2 Å². The number of amides is 1. The zero-order valence-corrected chi connectivity index (χ0v) is 17.6. The van der Waals surface area contributed by atoms with Gasteiger partial charge in [-0.25, -0.2) is 4.79 Å². The number of hydrogen-bond donors (Lipinski definition) is 0. The predicted octanol–water partition coefficient (Wildman–Crippen LogP) is 3.47. The van der Waals surface area contributed by atoms with Crippen LogP contribution < -0.4 is 0 Å². The molecule has 0 saturated heterocycles. The van der Waals surface area contributed by atoms with Crippen molar-refractivity contribution >= 4 is 17.7 Å². The number of aryl methyl sites for hydroxylation is 1. The summed E-state index contributed by atoms with van der Waals surface area (Å²) in [6.45, 7) is 9.38. The number of carbonyl (C=O) groups excluding carboxylic acids is 3. The maximum Gasteiger partial charge on any atom is 0.354 e. The van der Waals surface area contributed by atoms with E-state index in [9.17, 15) is 14.4 Å². The van der Waals surface area contributed by atoms with E-state index in [0.717, 1.165) is 5.56 Å². The largest absolute Gasteiger partial charge is 0.464 e. The van der Waals surface area contributed by atoms with Gasteiger partial charge in [-0.2, -0.15) is 0 Å². The van der Waals surface area contributed by atoms with Gasteiger partial charge in [0, 0.05) is 30.4 Å². The molecule has 1 atom stereocenters. The van der Waals surface area contributed by atoms with E-state index in [4.69, 9.17) is 4.74 Å². The number of ketones is 1. The monoisotopic (exact) mass is 384 g/mol. The molecule has 150 valence electrons. The third-order valence-electron chi connectivity index (χ3n) is 5.38. The number of nitrogens with zero attached hydrogens (tertiary/aromatic N) is 2. The van der Waals surface area contributed by atoms with Crippen LogP contribution in [0.25, 0.3) is 0 Å². The molecule has 0 bridgehead atoms. The average Bonchev–Trinajstić information content (AvgIpc) is 2.90. The Morgan fingerprint density at radius 3 is 2.29 bits per heavy atom. The zero-order valence-electron chi connectivity index (χ0n) is 17.6. The Kier molecular flexibility index (Phi) is 6.44. The molecule has 0 unspecified atom stereocenters. The Morgan fingerprint density at radius 2 is 1.75 bits per heavy atom. The number of aromatic nitrogens is 1. The van der Waals surface area contributed by atoms with E-state index in [0.29, 0.717) is 34.6 Å². The molecule has 1 heterocycles. The molecule has 28 heavy (non-hydrogen) atoms.